The molecule has 3 aliphatic rings. The van der Waals surface area contributed by atoms with Gasteiger partial charge in [-0.25, -0.2) is 0 Å². The first-order valence-corrected chi connectivity index (χ1v) is 9.18. The number of aliphatic hydroxyl groups is 1. The zero-order valence-electron chi connectivity index (χ0n) is 12.3. The van der Waals surface area contributed by atoms with Crippen molar-refractivity contribution in [3.63, 3.8) is 0 Å². The Morgan fingerprint density at radius 3 is 3.05 bits per heavy atom. The molecular formula is C17H23NO2S. The molecule has 0 bridgehead atoms. The van der Waals surface area contributed by atoms with E-state index in [4.69, 9.17) is 4.74 Å². The molecule has 1 N–H and O–H groups in total. The molecule has 4 rings (SSSR count). The van der Waals surface area contributed by atoms with Gasteiger partial charge in [0, 0.05) is 36.2 Å². The van der Waals surface area contributed by atoms with Crippen LogP contribution in [0.1, 0.15) is 37.4 Å². The second-order valence-corrected chi connectivity index (χ2v) is 7.64. The van der Waals surface area contributed by atoms with E-state index in [9.17, 15) is 5.11 Å². The standard InChI is InChI=1S/C17H23NO2S/c19-16-5-8-18(15-4-2-1-3-14(15)16)13-6-9-20-17(11-13)7-10-21-12-17/h1-4,13,16,19H,5-12H2. The van der Waals surface area contributed by atoms with E-state index in [0.29, 0.717) is 6.04 Å². The molecule has 0 aliphatic carbocycles. The van der Waals surface area contributed by atoms with E-state index in [0.717, 1.165) is 43.7 Å². The zero-order chi connectivity index (χ0) is 14.3. The fourth-order valence-electron chi connectivity index (χ4n) is 4.08. The lowest BCUT2D eigenvalue weighted by Crippen LogP contribution is -2.50. The molecule has 3 unspecified atom stereocenters. The summed E-state index contributed by atoms with van der Waals surface area (Å²) in [5.41, 5.74) is 2.47. The molecule has 0 saturated carbocycles. The van der Waals surface area contributed by atoms with E-state index in [-0.39, 0.29) is 11.7 Å². The van der Waals surface area contributed by atoms with Gasteiger partial charge in [0.25, 0.3) is 0 Å². The number of anilines is 1. The highest BCUT2D eigenvalue weighted by molar-refractivity contribution is 7.99. The number of hydrogen-bond donors (Lipinski definition) is 1. The van der Waals surface area contributed by atoms with Gasteiger partial charge in [0.05, 0.1) is 11.7 Å². The Morgan fingerprint density at radius 2 is 2.19 bits per heavy atom. The van der Waals surface area contributed by atoms with Crippen molar-refractivity contribution in [3.05, 3.63) is 29.8 Å². The molecule has 1 aromatic carbocycles. The maximum absolute atomic E-state index is 10.2. The minimum Gasteiger partial charge on any atom is -0.388 e. The van der Waals surface area contributed by atoms with Crippen LogP contribution in [0.15, 0.2) is 24.3 Å². The molecule has 4 heteroatoms. The first-order valence-electron chi connectivity index (χ1n) is 8.03. The molecule has 0 aromatic heterocycles. The summed E-state index contributed by atoms with van der Waals surface area (Å²) in [6.07, 6.45) is 4.00. The van der Waals surface area contributed by atoms with E-state index in [2.05, 4.69) is 23.1 Å². The molecule has 1 aromatic rings. The van der Waals surface area contributed by atoms with Gasteiger partial charge in [-0.15, -0.1) is 0 Å². The molecule has 1 spiro atoms. The van der Waals surface area contributed by atoms with Crippen molar-refractivity contribution in [2.45, 2.75) is 43.4 Å². The lowest BCUT2D eigenvalue weighted by molar-refractivity contribution is -0.0667. The smallest absolute Gasteiger partial charge is 0.0826 e. The summed E-state index contributed by atoms with van der Waals surface area (Å²) in [4.78, 5) is 2.54. The minimum absolute atomic E-state index is 0.124. The number of para-hydroxylation sites is 1. The quantitative estimate of drug-likeness (QED) is 0.864. The normalized spacial score (nSPS) is 36.0. The lowest BCUT2D eigenvalue weighted by Gasteiger charge is -2.46. The number of fused-ring (bicyclic) bond motifs is 1. The van der Waals surface area contributed by atoms with E-state index < -0.39 is 0 Å². The number of nitrogens with zero attached hydrogens (tertiary/aromatic N) is 1. The van der Waals surface area contributed by atoms with E-state index >= 15 is 0 Å². The monoisotopic (exact) mass is 305 g/mol. The predicted octanol–water partition coefficient (Wildman–Crippen LogP) is 2.98. The van der Waals surface area contributed by atoms with Gasteiger partial charge in [0.2, 0.25) is 0 Å². The molecule has 3 nitrogen and oxygen atoms in total. The van der Waals surface area contributed by atoms with Crippen LogP contribution in [0.25, 0.3) is 0 Å². The van der Waals surface area contributed by atoms with Crippen LogP contribution >= 0.6 is 11.8 Å². The molecule has 3 atom stereocenters. The van der Waals surface area contributed by atoms with Crippen molar-refractivity contribution < 1.29 is 9.84 Å². The second-order valence-electron chi connectivity index (χ2n) is 6.54. The first kappa shape index (κ1) is 13.9. The predicted molar refractivity (Wildman–Crippen MR) is 87.0 cm³/mol. The van der Waals surface area contributed by atoms with Crippen LogP contribution in [-0.4, -0.2) is 41.4 Å². The maximum atomic E-state index is 10.2. The third kappa shape index (κ3) is 2.47. The van der Waals surface area contributed by atoms with Crippen LogP contribution in [0, 0.1) is 0 Å². The number of rotatable bonds is 1. The Morgan fingerprint density at radius 1 is 1.29 bits per heavy atom. The van der Waals surface area contributed by atoms with Crippen LogP contribution in [0.3, 0.4) is 0 Å². The highest BCUT2D eigenvalue weighted by atomic mass is 32.2. The molecule has 0 amide bonds. The SMILES string of the molecule is OC1CCN(C2CCOC3(CCSC3)C2)c2ccccc21. The Balaban J connectivity index is 1.60. The largest absolute Gasteiger partial charge is 0.388 e. The third-order valence-corrected chi connectivity index (χ3v) is 6.45. The molecule has 114 valence electrons. The topological polar surface area (TPSA) is 32.7 Å². The fourth-order valence-corrected chi connectivity index (χ4v) is 5.46. The summed E-state index contributed by atoms with van der Waals surface area (Å²) in [7, 11) is 0. The Labute approximate surface area is 130 Å². The number of ether oxygens (including phenoxy) is 1. The number of benzene rings is 1. The molecule has 3 heterocycles. The second kappa shape index (κ2) is 5.49. The van der Waals surface area contributed by atoms with Gasteiger partial charge >= 0.3 is 0 Å². The Bertz CT molecular complexity index is 515. The summed E-state index contributed by atoms with van der Waals surface area (Å²) in [6.45, 7) is 1.85. The summed E-state index contributed by atoms with van der Waals surface area (Å²) in [6, 6.07) is 8.93. The molecular weight excluding hydrogens is 282 g/mol. The summed E-state index contributed by atoms with van der Waals surface area (Å²) < 4.78 is 6.16. The van der Waals surface area contributed by atoms with E-state index in [1.807, 2.05) is 17.8 Å². The van der Waals surface area contributed by atoms with Crippen molar-refractivity contribution in [1.29, 1.82) is 0 Å². The first-order chi connectivity index (χ1) is 10.3. The van der Waals surface area contributed by atoms with Crippen molar-refractivity contribution >= 4 is 17.4 Å². The van der Waals surface area contributed by atoms with Gasteiger partial charge in [-0.05, 0) is 37.5 Å². The maximum Gasteiger partial charge on any atom is 0.0826 e. The van der Waals surface area contributed by atoms with Crippen LogP contribution in [-0.2, 0) is 4.74 Å². The van der Waals surface area contributed by atoms with Crippen LogP contribution < -0.4 is 4.90 Å². The van der Waals surface area contributed by atoms with Gasteiger partial charge in [-0.1, -0.05) is 18.2 Å². The van der Waals surface area contributed by atoms with Gasteiger partial charge in [0.15, 0.2) is 0 Å². The van der Waals surface area contributed by atoms with Crippen LogP contribution in [0.2, 0.25) is 0 Å². The highest BCUT2D eigenvalue weighted by Gasteiger charge is 2.43. The molecule has 2 saturated heterocycles. The average molecular weight is 305 g/mol. The van der Waals surface area contributed by atoms with E-state index in [1.165, 1.54) is 17.9 Å². The number of thioether (sulfide) groups is 1. The molecule has 2 fully saturated rings. The van der Waals surface area contributed by atoms with Gasteiger partial charge < -0.3 is 14.7 Å². The van der Waals surface area contributed by atoms with Gasteiger partial charge in [-0.3, -0.25) is 0 Å². The van der Waals surface area contributed by atoms with Crippen molar-refractivity contribution in [2.24, 2.45) is 0 Å². The zero-order valence-corrected chi connectivity index (χ0v) is 13.1. The fraction of sp³-hybridized carbons (Fsp3) is 0.647. The Hall–Kier alpha value is -0.710. The summed E-state index contributed by atoms with van der Waals surface area (Å²) in [5.74, 6) is 2.39. The summed E-state index contributed by atoms with van der Waals surface area (Å²) in [5, 5.41) is 10.2. The molecule has 3 aliphatic heterocycles. The third-order valence-electron chi connectivity index (χ3n) is 5.22. The van der Waals surface area contributed by atoms with Crippen LogP contribution in [0.4, 0.5) is 5.69 Å². The summed E-state index contributed by atoms with van der Waals surface area (Å²) >= 11 is 2.03. The number of aliphatic hydroxyl groups excluding tert-OH is 1. The minimum atomic E-state index is -0.298. The van der Waals surface area contributed by atoms with Crippen molar-refractivity contribution in [1.82, 2.24) is 0 Å². The van der Waals surface area contributed by atoms with Gasteiger partial charge in [-0.2, -0.15) is 11.8 Å². The number of hydrogen-bond acceptors (Lipinski definition) is 4. The van der Waals surface area contributed by atoms with Crippen LogP contribution in [0.5, 0.6) is 0 Å². The highest BCUT2D eigenvalue weighted by Crippen LogP contribution is 2.42. The average Bonchev–Trinajstić information content (AvgIpc) is 2.96. The Kier molecular flexibility index (Phi) is 3.64. The van der Waals surface area contributed by atoms with E-state index in [1.54, 1.807) is 0 Å². The van der Waals surface area contributed by atoms with Gasteiger partial charge in [0.1, 0.15) is 0 Å². The molecule has 0 radical (unpaired) electrons. The lowest BCUT2D eigenvalue weighted by atomic mass is 9.87. The van der Waals surface area contributed by atoms with Crippen molar-refractivity contribution in [2.75, 3.05) is 29.6 Å². The molecule has 21 heavy (non-hydrogen) atoms. The van der Waals surface area contributed by atoms with Crippen molar-refractivity contribution in [3.8, 4) is 0 Å².